The van der Waals surface area contributed by atoms with E-state index in [4.69, 9.17) is 9.15 Å². The number of amides is 1. The van der Waals surface area contributed by atoms with Crippen LogP contribution in [-0.4, -0.2) is 27.3 Å². The maximum atomic E-state index is 12.4. The van der Waals surface area contributed by atoms with Crippen LogP contribution in [0.4, 0.5) is 0 Å². The van der Waals surface area contributed by atoms with E-state index in [-0.39, 0.29) is 25.4 Å². The van der Waals surface area contributed by atoms with Crippen molar-refractivity contribution in [2.24, 2.45) is 5.92 Å². The van der Waals surface area contributed by atoms with Crippen LogP contribution < -0.4 is 15.6 Å². The van der Waals surface area contributed by atoms with Gasteiger partial charge in [0.2, 0.25) is 11.8 Å². The topological polar surface area (TPSA) is 99.3 Å². The number of nitrogens with zero attached hydrogens (tertiary/aromatic N) is 3. The summed E-state index contributed by atoms with van der Waals surface area (Å²) in [4.78, 5) is 28.9. The van der Waals surface area contributed by atoms with Crippen molar-refractivity contribution < 1.29 is 15.4 Å². The zero-order chi connectivity index (χ0) is 21.1. The lowest BCUT2D eigenvalue weighted by molar-refractivity contribution is -0.121. The van der Waals surface area contributed by atoms with Crippen molar-refractivity contribution in [1.82, 2.24) is 20.1 Å². The lowest BCUT2D eigenvalue weighted by Gasteiger charge is -2.17. The van der Waals surface area contributed by atoms with Crippen molar-refractivity contribution in [2.45, 2.75) is 53.5 Å². The van der Waals surface area contributed by atoms with Crippen LogP contribution in [0.15, 0.2) is 32.9 Å². The third-order valence-electron chi connectivity index (χ3n) is 4.23. The maximum absolute atomic E-state index is 12.4. The van der Waals surface area contributed by atoms with Gasteiger partial charge in [0.1, 0.15) is 23.7 Å². The molecule has 0 fully saturated rings. The molecule has 0 saturated heterocycles. The van der Waals surface area contributed by atoms with Gasteiger partial charge in [0.05, 0.1) is 24.1 Å². The number of aryl methyl sites for hydroxylation is 1. The van der Waals surface area contributed by atoms with Gasteiger partial charge in [-0.25, -0.2) is 9.67 Å². The standard InChI is InChI=1S/C21H26N4O4.H2/c1-12(2)11-28-17-8-19(27)25(24-20(17)13(3)4)10-18(26)23-16-6-15(7-16)21-22-9-14(5)29-21;/h8-9,12-13H,6,10-11H2,1-5H3,(H,23,26);1H. The van der Waals surface area contributed by atoms with E-state index in [2.05, 4.69) is 21.1 Å². The molecule has 3 rings (SSSR count). The second kappa shape index (κ2) is 8.49. The number of nitrogens with one attached hydrogen (secondary N) is 1. The molecule has 29 heavy (non-hydrogen) atoms. The monoisotopic (exact) mass is 400 g/mol. The van der Waals surface area contributed by atoms with Crippen LogP contribution in [0.2, 0.25) is 0 Å². The van der Waals surface area contributed by atoms with Crippen molar-refractivity contribution in [2.75, 3.05) is 6.61 Å². The zero-order valence-electron chi connectivity index (χ0n) is 17.4. The number of aromatic nitrogens is 3. The van der Waals surface area contributed by atoms with Crippen LogP contribution in [0, 0.1) is 12.8 Å². The number of hydrogen-bond acceptors (Lipinski definition) is 6. The molecule has 1 N–H and O–H groups in total. The van der Waals surface area contributed by atoms with Gasteiger partial charge < -0.3 is 14.5 Å². The minimum Gasteiger partial charge on any atom is -0.491 e. The van der Waals surface area contributed by atoms with E-state index in [9.17, 15) is 9.59 Å². The summed E-state index contributed by atoms with van der Waals surface area (Å²) < 4.78 is 12.3. The highest BCUT2D eigenvalue weighted by Gasteiger charge is 2.20. The van der Waals surface area contributed by atoms with Crippen LogP contribution in [0.5, 0.6) is 5.75 Å². The number of ether oxygens (including phenoxy) is 1. The van der Waals surface area contributed by atoms with Gasteiger partial charge in [0, 0.05) is 19.8 Å². The molecule has 0 saturated carbocycles. The number of rotatable bonds is 8. The van der Waals surface area contributed by atoms with Crippen molar-refractivity contribution in [3.63, 3.8) is 0 Å². The summed E-state index contributed by atoms with van der Waals surface area (Å²) in [5, 5.41) is 7.11. The molecule has 0 aromatic carbocycles. The molecule has 2 heterocycles. The Morgan fingerprint density at radius 2 is 2.14 bits per heavy atom. The van der Waals surface area contributed by atoms with Crippen LogP contribution in [0.25, 0.3) is 5.57 Å². The number of carbonyl (C=O) groups excluding carboxylic acids is 1. The quantitative estimate of drug-likeness (QED) is 0.684. The Kier molecular flexibility index (Phi) is 6.03. The van der Waals surface area contributed by atoms with Crippen LogP contribution in [-0.2, 0) is 11.3 Å². The molecule has 2 aromatic rings. The molecular weight excluding hydrogens is 372 g/mol. The Hall–Kier alpha value is -3.12. The van der Waals surface area contributed by atoms with E-state index in [1.54, 1.807) is 6.20 Å². The van der Waals surface area contributed by atoms with Crippen molar-refractivity contribution >= 4 is 11.5 Å². The van der Waals surface area contributed by atoms with Crippen LogP contribution >= 0.6 is 0 Å². The molecule has 8 heteroatoms. The largest absolute Gasteiger partial charge is 0.491 e. The van der Waals surface area contributed by atoms with Crippen LogP contribution in [0.1, 0.15) is 58.8 Å². The summed E-state index contributed by atoms with van der Waals surface area (Å²) in [6.07, 6.45) is 2.15. The lowest BCUT2D eigenvalue weighted by Crippen LogP contribution is -2.34. The number of carbonyl (C=O) groups is 1. The van der Waals surface area contributed by atoms with E-state index in [0.29, 0.717) is 42.0 Å². The summed E-state index contributed by atoms with van der Waals surface area (Å²) in [5.74, 6) is 1.76. The minimum absolute atomic E-state index is 0. The molecule has 0 atom stereocenters. The molecule has 0 aliphatic heterocycles. The third kappa shape index (κ3) is 5.03. The Bertz CT molecular complexity index is 1050. The molecule has 1 aliphatic carbocycles. The van der Waals surface area contributed by atoms with E-state index in [1.807, 2.05) is 34.6 Å². The lowest BCUT2D eigenvalue weighted by atomic mass is 10.0. The summed E-state index contributed by atoms with van der Waals surface area (Å²) in [6, 6.07) is 1.41. The normalized spacial score (nSPS) is 13.2. The van der Waals surface area contributed by atoms with Gasteiger partial charge >= 0.3 is 0 Å². The SMILES string of the molecule is Cc1cnc(C2=C=C(NC(=O)Cn3nc(C(C)C)c(OCC(C)C)cc3=O)C2)o1.[HH]. The maximum Gasteiger partial charge on any atom is 0.270 e. The Morgan fingerprint density at radius 3 is 2.72 bits per heavy atom. The second-order valence-electron chi connectivity index (χ2n) is 7.83. The van der Waals surface area contributed by atoms with Crippen LogP contribution in [0.3, 0.4) is 0 Å². The van der Waals surface area contributed by atoms with Crippen molar-refractivity contribution in [1.29, 1.82) is 0 Å². The summed E-state index contributed by atoms with van der Waals surface area (Å²) in [6.45, 7) is 10.1. The molecule has 0 radical (unpaired) electrons. The Morgan fingerprint density at radius 1 is 1.41 bits per heavy atom. The van der Waals surface area contributed by atoms with Gasteiger partial charge in [-0.15, -0.1) is 0 Å². The average molecular weight is 400 g/mol. The molecule has 8 nitrogen and oxygen atoms in total. The van der Waals surface area contributed by atoms with E-state index in [0.717, 1.165) is 16.0 Å². The molecule has 0 spiro atoms. The van der Waals surface area contributed by atoms with E-state index < -0.39 is 0 Å². The van der Waals surface area contributed by atoms with Gasteiger partial charge in [-0.3, -0.25) is 9.59 Å². The molecule has 0 bridgehead atoms. The Balaban J connectivity index is 0.00000320. The highest BCUT2D eigenvalue weighted by molar-refractivity contribution is 5.80. The molecule has 1 aliphatic rings. The first kappa shape index (κ1) is 20.6. The van der Waals surface area contributed by atoms with Gasteiger partial charge in [0.25, 0.3) is 5.56 Å². The van der Waals surface area contributed by atoms with E-state index in [1.165, 1.54) is 6.07 Å². The minimum atomic E-state index is -0.377. The molecule has 0 unspecified atom stereocenters. The number of hydrogen-bond donors (Lipinski definition) is 1. The fourth-order valence-electron chi connectivity index (χ4n) is 2.76. The van der Waals surface area contributed by atoms with Crippen molar-refractivity contribution in [3.05, 3.63) is 51.4 Å². The summed E-state index contributed by atoms with van der Waals surface area (Å²) in [7, 11) is 0. The Labute approximate surface area is 170 Å². The van der Waals surface area contributed by atoms with Crippen molar-refractivity contribution in [3.8, 4) is 5.75 Å². The van der Waals surface area contributed by atoms with Gasteiger partial charge in [-0.05, 0) is 12.8 Å². The predicted molar refractivity (Wildman–Crippen MR) is 109 cm³/mol. The smallest absolute Gasteiger partial charge is 0.270 e. The van der Waals surface area contributed by atoms with E-state index >= 15 is 0 Å². The van der Waals surface area contributed by atoms with Gasteiger partial charge in [-0.2, -0.15) is 5.10 Å². The molecular formula is C21H28N4O4. The zero-order valence-corrected chi connectivity index (χ0v) is 17.4. The first-order valence-corrected chi connectivity index (χ1v) is 9.69. The first-order valence-electron chi connectivity index (χ1n) is 9.69. The predicted octanol–water partition coefficient (Wildman–Crippen LogP) is 3.03. The summed E-state index contributed by atoms with van der Waals surface area (Å²) >= 11 is 0. The summed E-state index contributed by atoms with van der Waals surface area (Å²) in [5.41, 5.74) is 4.74. The third-order valence-corrected chi connectivity index (χ3v) is 4.23. The second-order valence-corrected chi connectivity index (χ2v) is 7.83. The average Bonchev–Trinajstić information content (AvgIpc) is 3.03. The van der Waals surface area contributed by atoms with Gasteiger partial charge in [-0.1, -0.05) is 33.4 Å². The highest BCUT2D eigenvalue weighted by Crippen LogP contribution is 2.27. The first-order chi connectivity index (χ1) is 13.7. The number of oxazole rings is 1. The molecule has 2 aromatic heterocycles. The molecule has 156 valence electrons. The fourth-order valence-corrected chi connectivity index (χ4v) is 2.76. The fraction of sp³-hybridized carbons (Fsp3) is 0.476. The molecule has 1 amide bonds. The highest BCUT2D eigenvalue weighted by atomic mass is 16.5. The van der Waals surface area contributed by atoms with Gasteiger partial charge in [0.15, 0.2) is 0 Å².